The molecule has 3 aromatic carbocycles. The molecule has 0 radical (unpaired) electrons. The maximum Gasteiger partial charge on any atom is 0.293 e. The highest BCUT2D eigenvalue weighted by atomic mass is 32.2. The van der Waals surface area contributed by atoms with E-state index in [1.807, 2.05) is 11.0 Å². The summed E-state index contributed by atoms with van der Waals surface area (Å²) in [5.74, 6) is -0.287. The van der Waals surface area contributed by atoms with E-state index in [2.05, 4.69) is 0 Å². The second-order valence-electron chi connectivity index (χ2n) is 8.83. The maximum absolute atomic E-state index is 13.2. The molecule has 0 unspecified atom stereocenters. The van der Waals surface area contributed by atoms with Crippen LogP contribution in [0.15, 0.2) is 71.6 Å². The van der Waals surface area contributed by atoms with Crippen LogP contribution >= 0.6 is 0 Å². The van der Waals surface area contributed by atoms with Crippen LogP contribution in [0.25, 0.3) is 0 Å². The number of ketones is 1. The number of nitro groups is 1. The number of aryl methyl sites for hydroxylation is 2. The molecule has 1 aliphatic heterocycles. The molecule has 0 N–H and O–H groups in total. The van der Waals surface area contributed by atoms with E-state index in [4.69, 9.17) is 0 Å². The molecule has 1 fully saturated rings. The van der Waals surface area contributed by atoms with Gasteiger partial charge in [-0.3, -0.25) is 14.9 Å². The van der Waals surface area contributed by atoms with Crippen LogP contribution < -0.4 is 4.90 Å². The third kappa shape index (κ3) is 4.44. The van der Waals surface area contributed by atoms with Crippen LogP contribution in [0.3, 0.4) is 0 Å². The Kier molecular flexibility index (Phi) is 6.12. The highest BCUT2D eigenvalue weighted by Gasteiger charge is 2.31. The predicted octanol–water partition coefficient (Wildman–Crippen LogP) is 3.83. The lowest BCUT2D eigenvalue weighted by Gasteiger charge is -2.35. The summed E-state index contributed by atoms with van der Waals surface area (Å²) in [4.78, 5) is 26.2. The Morgan fingerprint density at radius 1 is 0.829 bits per heavy atom. The molecular formula is C26H25N3O5S. The van der Waals surface area contributed by atoms with Gasteiger partial charge in [-0.15, -0.1) is 0 Å². The Bertz CT molecular complexity index is 1400. The first-order chi connectivity index (χ1) is 16.8. The maximum atomic E-state index is 13.2. The Morgan fingerprint density at radius 2 is 1.54 bits per heavy atom. The van der Waals surface area contributed by atoms with E-state index in [0.29, 0.717) is 29.2 Å². The third-order valence-corrected chi connectivity index (χ3v) is 8.65. The lowest BCUT2D eigenvalue weighted by molar-refractivity contribution is -0.384. The minimum atomic E-state index is -3.64. The number of fused-ring (bicyclic) bond motifs is 1. The zero-order chi connectivity index (χ0) is 24.6. The van der Waals surface area contributed by atoms with E-state index in [1.54, 1.807) is 54.6 Å². The van der Waals surface area contributed by atoms with E-state index in [0.717, 1.165) is 24.8 Å². The van der Waals surface area contributed by atoms with Gasteiger partial charge in [0.05, 0.1) is 9.82 Å². The zero-order valence-corrected chi connectivity index (χ0v) is 19.9. The minimum absolute atomic E-state index is 0.165. The standard InChI is InChI=1S/C26H25N3O5S/c30-26(20-5-2-1-3-6-20)22-10-12-24(25(18-22)29(31)32)27-13-15-28(16-14-27)35(33,34)23-11-9-19-7-4-8-21(19)17-23/h1-3,5-6,9-12,17-18H,4,7-8,13-16H2. The van der Waals surface area contributed by atoms with Gasteiger partial charge in [0.2, 0.25) is 10.0 Å². The topological polar surface area (TPSA) is 101 Å². The van der Waals surface area contributed by atoms with E-state index < -0.39 is 14.9 Å². The molecule has 0 spiro atoms. The molecule has 1 aliphatic carbocycles. The molecule has 9 heteroatoms. The summed E-state index contributed by atoms with van der Waals surface area (Å²) >= 11 is 0. The first-order valence-electron chi connectivity index (χ1n) is 11.6. The molecule has 180 valence electrons. The van der Waals surface area contributed by atoms with Crippen molar-refractivity contribution in [1.82, 2.24) is 4.31 Å². The molecule has 0 amide bonds. The molecule has 5 rings (SSSR count). The van der Waals surface area contributed by atoms with Crippen molar-refractivity contribution in [2.45, 2.75) is 24.2 Å². The molecule has 35 heavy (non-hydrogen) atoms. The van der Waals surface area contributed by atoms with Gasteiger partial charge in [-0.25, -0.2) is 8.42 Å². The fraction of sp³-hybridized carbons (Fsp3) is 0.269. The van der Waals surface area contributed by atoms with Crippen LogP contribution in [0.2, 0.25) is 0 Å². The van der Waals surface area contributed by atoms with Gasteiger partial charge >= 0.3 is 0 Å². The van der Waals surface area contributed by atoms with Crippen LogP contribution in [0, 0.1) is 10.1 Å². The summed E-state index contributed by atoms with van der Waals surface area (Å²) in [6.45, 7) is 1.08. The highest BCUT2D eigenvalue weighted by molar-refractivity contribution is 7.89. The summed E-state index contributed by atoms with van der Waals surface area (Å²) in [7, 11) is -3.64. The molecule has 0 atom stereocenters. The Labute approximate surface area is 204 Å². The van der Waals surface area contributed by atoms with Crippen molar-refractivity contribution in [3.05, 3.63) is 99.1 Å². The highest BCUT2D eigenvalue weighted by Crippen LogP contribution is 2.32. The summed E-state index contributed by atoms with van der Waals surface area (Å²) in [6.07, 6.45) is 2.94. The second-order valence-corrected chi connectivity index (χ2v) is 10.8. The van der Waals surface area contributed by atoms with Crippen molar-refractivity contribution in [3.63, 3.8) is 0 Å². The first-order valence-corrected chi connectivity index (χ1v) is 13.0. The van der Waals surface area contributed by atoms with Gasteiger partial charge in [0.1, 0.15) is 5.69 Å². The second kappa shape index (κ2) is 9.24. The van der Waals surface area contributed by atoms with E-state index in [1.165, 1.54) is 15.9 Å². The van der Waals surface area contributed by atoms with Gasteiger partial charge in [0.25, 0.3) is 5.69 Å². The number of rotatable bonds is 6. The predicted molar refractivity (Wildman–Crippen MR) is 132 cm³/mol. The summed E-state index contributed by atoms with van der Waals surface area (Å²) < 4.78 is 27.9. The van der Waals surface area contributed by atoms with Gasteiger partial charge in [0, 0.05) is 43.4 Å². The van der Waals surface area contributed by atoms with Crippen molar-refractivity contribution in [1.29, 1.82) is 0 Å². The van der Waals surface area contributed by atoms with Gasteiger partial charge in [-0.1, -0.05) is 36.4 Å². The van der Waals surface area contributed by atoms with Gasteiger partial charge in [-0.05, 0) is 54.7 Å². The van der Waals surface area contributed by atoms with Crippen LogP contribution in [0.1, 0.15) is 33.5 Å². The van der Waals surface area contributed by atoms with Crippen molar-refractivity contribution in [2.24, 2.45) is 0 Å². The van der Waals surface area contributed by atoms with E-state index in [9.17, 15) is 23.3 Å². The number of carbonyl (C=O) groups is 1. The molecular weight excluding hydrogens is 466 g/mol. The van der Waals surface area contributed by atoms with Crippen molar-refractivity contribution in [2.75, 3.05) is 31.1 Å². The van der Waals surface area contributed by atoms with Crippen LogP contribution in [-0.4, -0.2) is 49.6 Å². The molecule has 3 aromatic rings. The molecule has 8 nitrogen and oxygen atoms in total. The quantitative estimate of drug-likeness (QED) is 0.295. The fourth-order valence-corrected chi connectivity index (χ4v) is 6.33. The van der Waals surface area contributed by atoms with E-state index >= 15 is 0 Å². The van der Waals surface area contributed by atoms with Gasteiger partial charge in [0.15, 0.2) is 5.78 Å². The number of hydrogen-bond donors (Lipinski definition) is 0. The number of piperazine rings is 1. The first kappa shape index (κ1) is 23.2. The van der Waals surface area contributed by atoms with Crippen molar-refractivity contribution in [3.8, 4) is 0 Å². The average Bonchev–Trinajstić information content (AvgIpc) is 3.36. The van der Waals surface area contributed by atoms with Crippen LogP contribution in [0.4, 0.5) is 11.4 Å². The van der Waals surface area contributed by atoms with Crippen LogP contribution in [0.5, 0.6) is 0 Å². The van der Waals surface area contributed by atoms with Gasteiger partial charge < -0.3 is 4.90 Å². The Morgan fingerprint density at radius 3 is 2.26 bits per heavy atom. The summed E-state index contributed by atoms with van der Waals surface area (Å²) in [5.41, 5.74) is 3.24. The third-order valence-electron chi connectivity index (χ3n) is 6.76. The molecule has 0 saturated carbocycles. The number of carbonyl (C=O) groups excluding carboxylic acids is 1. The van der Waals surface area contributed by atoms with E-state index in [-0.39, 0.29) is 30.1 Å². The van der Waals surface area contributed by atoms with Crippen LogP contribution in [-0.2, 0) is 22.9 Å². The smallest absolute Gasteiger partial charge is 0.293 e. The monoisotopic (exact) mass is 491 g/mol. The normalized spacial score (nSPS) is 16.2. The van der Waals surface area contributed by atoms with Crippen molar-refractivity contribution < 1.29 is 18.1 Å². The lowest BCUT2D eigenvalue weighted by atomic mass is 10.0. The number of benzene rings is 3. The lowest BCUT2D eigenvalue weighted by Crippen LogP contribution is -2.48. The average molecular weight is 492 g/mol. The molecule has 0 aromatic heterocycles. The molecule has 1 saturated heterocycles. The molecule has 1 heterocycles. The zero-order valence-electron chi connectivity index (χ0n) is 19.1. The van der Waals surface area contributed by atoms with Crippen molar-refractivity contribution >= 4 is 27.2 Å². The number of nitrogens with zero attached hydrogens (tertiary/aromatic N) is 3. The Hall–Kier alpha value is -3.56. The number of nitro benzene ring substituents is 1. The molecule has 2 aliphatic rings. The number of hydrogen-bond acceptors (Lipinski definition) is 6. The molecule has 0 bridgehead atoms. The largest absolute Gasteiger partial charge is 0.363 e. The number of sulfonamides is 1. The minimum Gasteiger partial charge on any atom is -0.363 e. The summed E-state index contributed by atoms with van der Waals surface area (Å²) in [6, 6.07) is 18.5. The fourth-order valence-electron chi connectivity index (χ4n) is 4.86. The number of anilines is 1. The summed E-state index contributed by atoms with van der Waals surface area (Å²) in [5, 5.41) is 11.8. The Balaban J connectivity index is 1.34. The SMILES string of the molecule is O=C(c1ccccc1)c1ccc(N2CCN(S(=O)(=O)c3ccc4c(c3)CCC4)CC2)c([N+](=O)[O-])c1. The van der Waals surface area contributed by atoms with Gasteiger partial charge in [-0.2, -0.15) is 4.31 Å².